The molecule has 17 heavy (non-hydrogen) atoms. The third-order valence-electron chi connectivity index (χ3n) is 2.37. The lowest BCUT2D eigenvalue weighted by Crippen LogP contribution is -2.22. The van der Waals surface area contributed by atoms with Crippen molar-refractivity contribution in [3.8, 4) is 6.07 Å². The van der Waals surface area contributed by atoms with Crippen molar-refractivity contribution in [3.05, 3.63) is 35.4 Å². The lowest BCUT2D eigenvalue weighted by molar-refractivity contribution is -0.0152. The van der Waals surface area contributed by atoms with Gasteiger partial charge in [0.1, 0.15) is 12.2 Å². The summed E-state index contributed by atoms with van der Waals surface area (Å²) in [5, 5.41) is 35.9. The molecule has 0 fully saturated rings. The molecule has 90 valence electrons. The van der Waals surface area contributed by atoms with Gasteiger partial charge in [0.05, 0.1) is 19.1 Å². The quantitative estimate of drug-likeness (QED) is 0.631. The largest absolute Gasteiger partial charge is 0.394 e. The lowest BCUT2D eigenvalue weighted by Gasteiger charge is -2.15. The van der Waals surface area contributed by atoms with E-state index in [2.05, 4.69) is 0 Å². The highest BCUT2D eigenvalue weighted by molar-refractivity contribution is 5.97. The van der Waals surface area contributed by atoms with Gasteiger partial charge in [-0.15, -0.1) is 0 Å². The average molecular weight is 235 g/mol. The molecule has 0 aromatic heterocycles. The topological polar surface area (TPSA) is 102 Å². The fraction of sp³-hybridized carbons (Fsp3) is 0.333. The first-order chi connectivity index (χ1) is 8.10. The number of nitriles is 1. The smallest absolute Gasteiger partial charge is 0.176 e. The van der Waals surface area contributed by atoms with E-state index in [-0.39, 0.29) is 12.2 Å². The number of rotatable bonds is 5. The van der Waals surface area contributed by atoms with E-state index in [4.69, 9.17) is 10.4 Å². The second-order valence-electron chi connectivity index (χ2n) is 3.57. The molecule has 0 spiro atoms. The van der Waals surface area contributed by atoms with Gasteiger partial charge in [0.15, 0.2) is 5.78 Å². The summed E-state index contributed by atoms with van der Waals surface area (Å²) in [6, 6.07) is 7.67. The van der Waals surface area contributed by atoms with Crippen LogP contribution in [-0.2, 0) is 0 Å². The number of aliphatic hydroxyl groups excluding tert-OH is 3. The summed E-state index contributed by atoms with van der Waals surface area (Å²) in [7, 11) is 0. The molecule has 0 aliphatic rings. The average Bonchev–Trinajstić information content (AvgIpc) is 2.37. The fourth-order valence-electron chi connectivity index (χ4n) is 1.36. The Labute approximate surface area is 98.6 Å². The number of hydrogen-bond donors (Lipinski definition) is 3. The van der Waals surface area contributed by atoms with Crippen molar-refractivity contribution in [2.45, 2.75) is 18.6 Å². The molecule has 0 saturated heterocycles. The number of carbonyl (C=O) groups is 1. The van der Waals surface area contributed by atoms with E-state index >= 15 is 0 Å². The summed E-state index contributed by atoms with van der Waals surface area (Å²) in [6.07, 6.45) is -2.64. The number of benzene rings is 1. The van der Waals surface area contributed by atoms with E-state index in [1.807, 2.05) is 0 Å². The van der Waals surface area contributed by atoms with E-state index in [0.29, 0.717) is 11.1 Å². The molecule has 0 amide bonds. The SMILES string of the molecule is N#CCC(=O)c1ccc(C(O)C(O)CO)cc1. The Balaban J connectivity index is 2.81. The van der Waals surface area contributed by atoms with Crippen molar-refractivity contribution in [3.63, 3.8) is 0 Å². The summed E-state index contributed by atoms with van der Waals surface area (Å²) in [5.41, 5.74) is 0.779. The fourth-order valence-corrected chi connectivity index (χ4v) is 1.36. The highest BCUT2D eigenvalue weighted by Crippen LogP contribution is 2.17. The number of Topliss-reactive ketones (excluding diaryl/α,β-unsaturated/α-hetero) is 1. The van der Waals surface area contributed by atoms with E-state index in [1.165, 1.54) is 24.3 Å². The van der Waals surface area contributed by atoms with Gasteiger partial charge >= 0.3 is 0 Å². The Morgan fingerprint density at radius 1 is 1.29 bits per heavy atom. The zero-order valence-corrected chi connectivity index (χ0v) is 9.08. The molecule has 0 radical (unpaired) electrons. The van der Waals surface area contributed by atoms with Crippen molar-refractivity contribution in [1.29, 1.82) is 5.26 Å². The van der Waals surface area contributed by atoms with Crippen molar-refractivity contribution in [1.82, 2.24) is 0 Å². The van der Waals surface area contributed by atoms with Crippen LogP contribution in [0.1, 0.15) is 28.4 Å². The summed E-state index contributed by atoms with van der Waals surface area (Å²) < 4.78 is 0. The van der Waals surface area contributed by atoms with Crippen LogP contribution >= 0.6 is 0 Å². The van der Waals surface area contributed by atoms with E-state index in [0.717, 1.165) is 0 Å². The minimum Gasteiger partial charge on any atom is -0.394 e. The number of carbonyl (C=O) groups excluding carboxylic acids is 1. The second kappa shape index (κ2) is 6.11. The van der Waals surface area contributed by atoms with Crippen LogP contribution in [0.2, 0.25) is 0 Å². The number of hydrogen-bond acceptors (Lipinski definition) is 5. The highest BCUT2D eigenvalue weighted by Gasteiger charge is 2.17. The molecule has 0 saturated carbocycles. The van der Waals surface area contributed by atoms with Crippen LogP contribution in [0, 0.1) is 11.3 Å². The number of ketones is 1. The predicted octanol–water partition coefficient (Wildman–Crippen LogP) is 0.170. The maximum atomic E-state index is 11.3. The summed E-state index contributed by atoms with van der Waals surface area (Å²) in [6.45, 7) is -0.545. The van der Waals surface area contributed by atoms with Gasteiger partial charge in [0.25, 0.3) is 0 Å². The molecule has 1 aromatic carbocycles. The van der Waals surface area contributed by atoms with Gasteiger partial charge in [0.2, 0.25) is 0 Å². The minimum atomic E-state index is -1.25. The Morgan fingerprint density at radius 2 is 1.88 bits per heavy atom. The molecule has 2 unspecified atom stereocenters. The third kappa shape index (κ3) is 3.36. The molecular formula is C12H13NO4. The van der Waals surface area contributed by atoms with Crippen LogP contribution in [-0.4, -0.2) is 33.8 Å². The maximum absolute atomic E-state index is 11.3. The zero-order valence-electron chi connectivity index (χ0n) is 9.08. The van der Waals surface area contributed by atoms with Crippen LogP contribution < -0.4 is 0 Å². The molecule has 0 bridgehead atoms. The van der Waals surface area contributed by atoms with E-state index in [1.54, 1.807) is 6.07 Å². The predicted molar refractivity (Wildman–Crippen MR) is 59.1 cm³/mol. The van der Waals surface area contributed by atoms with Crippen LogP contribution in [0.25, 0.3) is 0 Å². The first-order valence-corrected chi connectivity index (χ1v) is 5.07. The summed E-state index contributed by atoms with van der Waals surface area (Å²) >= 11 is 0. The molecule has 1 aromatic rings. The van der Waals surface area contributed by atoms with Crippen molar-refractivity contribution in [2.75, 3.05) is 6.61 Å². The number of aliphatic hydroxyl groups is 3. The third-order valence-corrected chi connectivity index (χ3v) is 2.37. The monoisotopic (exact) mass is 235 g/mol. The molecule has 0 aliphatic carbocycles. The molecule has 0 heterocycles. The molecule has 2 atom stereocenters. The Morgan fingerprint density at radius 3 is 2.35 bits per heavy atom. The second-order valence-corrected chi connectivity index (χ2v) is 3.57. The van der Waals surface area contributed by atoms with Crippen molar-refractivity contribution in [2.24, 2.45) is 0 Å². The van der Waals surface area contributed by atoms with Gasteiger partial charge in [-0.3, -0.25) is 4.79 Å². The molecular weight excluding hydrogens is 222 g/mol. The van der Waals surface area contributed by atoms with Gasteiger partial charge in [-0.1, -0.05) is 24.3 Å². The van der Waals surface area contributed by atoms with Gasteiger partial charge in [-0.2, -0.15) is 5.26 Å². The molecule has 3 N–H and O–H groups in total. The van der Waals surface area contributed by atoms with Crippen LogP contribution in [0.4, 0.5) is 0 Å². The van der Waals surface area contributed by atoms with Crippen LogP contribution in [0.15, 0.2) is 24.3 Å². The maximum Gasteiger partial charge on any atom is 0.176 e. The van der Waals surface area contributed by atoms with Gasteiger partial charge in [-0.05, 0) is 5.56 Å². The lowest BCUT2D eigenvalue weighted by atomic mass is 10.0. The van der Waals surface area contributed by atoms with E-state index < -0.39 is 18.8 Å². The first-order valence-electron chi connectivity index (χ1n) is 5.07. The molecule has 5 heteroatoms. The first kappa shape index (κ1) is 13.3. The van der Waals surface area contributed by atoms with E-state index in [9.17, 15) is 15.0 Å². The Bertz CT molecular complexity index is 421. The summed E-state index contributed by atoms with van der Waals surface area (Å²) in [5.74, 6) is -0.295. The summed E-state index contributed by atoms with van der Waals surface area (Å²) in [4.78, 5) is 11.3. The standard InChI is InChI=1S/C12H13NO4/c13-6-5-10(15)8-1-3-9(4-2-8)12(17)11(16)7-14/h1-4,11-12,14,16-17H,5,7H2. The highest BCUT2D eigenvalue weighted by atomic mass is 16.4. The Kier molecular flexibility index (Phi) is 4.79. The molecule has 0 aliphatic heterocycles. The van der Waals surface area contributed by atoms with Gasteiger partial charge in [-0.25, -0.2) is 0 Å². The van der Waals surface area contributed by atoms with Gasteiger partial charge < -0.3 is 15.3 Å². The van der Waals surface area contributed by atoms with Crippen LogP contribution in [0.3, 0.4) is 0 Å². The zero-order chi connectivity index (χ0) is 12.8. The van der Waals surface area contributed by atoms with Crippen LogP contribution in [0.5, 0.6) is 0 Å². The molecule has 1 rings (SSSR count). The van der Waals surface area contributed by atoms with Gasteiger partial charge in [0, 0.05) is 5.56 Å². The van der Waals surface area contributed by atoms with Crippen molar-refractivity contribution >= 4 is 5.78 Å². The Hall–Kier alpha value is -1.74. The minimum absolute atomic E-state index is 0.193. The normalized spacial score (nSPS) is 13.8. The molecule has 5 nitrogen and oxygen atoms in total. The van der Waals surface area contributed by atoms with Crippen molar-refractivity contribution < 1.29 is 20.1 Å². The number of nitrogens with zero attached hydrogens (tertiary/aromatic N) is 1.